The van der Waals surface area contributed by atoms with Gasteiger partial charge in [0.15, 0.2) is 0 Å². The molecule has 0 N–H and O–H groups in total. The molecule has 1 aliphatic heterocycles. The van der Waals surface area contributed by atoms with Gasteiger partial charge in [-0.1, -0.05) is 0 Å². The highest BCUT2D eigenvalue weighted by Crippen LogP contribution is 2.01. The topological polar surface area (TPSA) is 55.2 Å². The van der Waals surface area contributed by atoms with Crippen molar-refractivity contribution in [3.8, 4) is 0 Å². The smallest absolute Gasteiger partial charge is 0.242 e. The minimum absolute atomic E-state index is 0.0738. The van der Waals surface area contributed by atoms with E-state index in [4.69, 9.17) is 0 Å². The van der Waals surface area contributed by atoms with Crippen LogP contribution in [0.15, 0.2) is 18.7 Å². The van der Waals surface area contributed by atoms with Gasteiger partial charge in [-0.15, -0.1) is 0 Å². The number of nitrogens with zero attached hydrogens (tertiary/aromatic N) is 3. The number of amides is 1. The molecule has 1 fully saturated rings. The van der Waals surface area contributed by atoms with Crippen molar-refractivity contribution < 1.29 is 9.00 Å². The van der Waals surface area contributed by atoms with Gasteiger partial charge in [-0.25, -0.2) is 4.98 Å². The first-order valence-corrected chi connectivity index (χ1v) is 6.33. The fraction of sp³-hybridized carbons (Fsp3) is 0.556. The molecule has 0 unspecified atom stereocenters. The van der Waals surface area contributed by atoms with Gasteiger partial charge < -0.3 is 9.47 Å². The molecule has 0 saturated carbocycles. The minimum Gasteiger partial charge on any atom is -0.339 e. The van der Waals surface area contributed by atoms with Gasteiger partial charge in [0.25, 0.3) is 0 Å². The van der Waals surface area contributed by atoms with Crippen LogP contribution in [-0.2, 0) is 22.1 Å². The van der Waals surface area contributed by atoms with Crippen LogP contribution in [0.2, 0.25) is 0 Å². The summed E-state index contributed by atoms with van der Waals surface area (Å²) < 4.78 is 12.9. The van der Waals surface area contributed by atoms with Crippen LogP contribution < -0.4 is 0 Å². The predicted octanol–water partition coefficient (Wildman–Crippen LogP) is -0.526. The molecule has 0 aromatic carbocycles. The molecule has 1 saturated heterocycles. The van der Waals surface area contributed by atoms with E-state index in [-0.39, 0.29) is 5.91 Å². The Hall–Kier alpha value is -1.17. The Morgan fingerprint density at radius 1 is 1.40 bits per heavy atom. The van der Waals surface area contributed by atoms with Crippen molar-refractivity contribution in [3.63, 3.8) is 0 Å². The number of carbonyl (C=O) groups excluding carboxylic acids is 1. The summed E-state index contributed by atoms with van der Waals surface area (Å²) >= 11 is 0. The second-order valence-corrected chi connectivity index (χ2v) is 5.16. The summed E-state index contributed by atoms with van der Waals surface area (Å²) in [5.41, 5.74) is 0. The summed E-state index contributed by atoms with van der Waals surface area (Å²) in [7, 11) is -0.729. The van der Waals surface area contributed by atoms with E-state index in [0.717, 1.165) is 0 Å². The average molecular weight is 227 g/mol. The molecule has 2 heterocycles. The summed E-state index contributed by atoms with van der Waals surface area (Å²) in [6, 6.07) is 0. The lowest BCUT2D eigenvalue weighted by molar-refractivity contribution is -0.131. The van der Waals surface area contributed by atoms with Crippen LogP contribution in [0.1, 0.15) is 0 Å². The second kappa shape index (κ2) is 4.57. The standard InChI is InChI=1S/C9H13N3O2S/c13-9(7-11-2-1-10-8-11)12-3-5-15(14)6-4-12/h1-2,8H,3-7H2. The number of carbonyl (C=O) groups is 1. The summed E-state index contributed by atoms with van der Waals surface area (Å²) in [5, 5.41) is 0. The maximum absolute atomic E-state index is 11.8. The van der Waals surface area contributed by atoms with E-state index < -0.39 is 10.8 Å². The van der Waals surface area contributed by atoms with E-state index in [2.05, 4.69) is 4.98 Å². The quantitative estimate of drug-likeness (QED) is 0.683. The molecular formula is C9H13N3O2S. The third-order valence-electron chi connectivity index (χ3n) is 2.41. The average Bonchev–Trinajstić information content (AvgIpc) is 2.71. The molecular weight excluding hydrogens is 214 g/mol. The Labute approximate surface area is 90.5 Å². The molecule has 15 heavy (non-hydrogen) atoms. The van der Waals surface area contributed by atoms with Crippen LogP contribution in [-0.4, -0.2) is 49.2 Å². The summed E-state index contributed by atoms with van der Waals surface area (Å²) in [6.45, 7) is 1.55. The molecule has 1 amide bonds. The normalized spacial score (nSPS) is 18.0. The maximum Gasteiger partial charge on any atom is 0.242 e. The van der Waals surface area contributed by atoms with Crippen LogP contribution in [0.3, 0.4) is 0 Å². The van der Waals surface area contributed by atoms with Crippen LogP contribution in [0.25, 0.3) is 0 Å². The van der Waals surface area contributed by atoms with Gasteiger partial charge in [-0.05, 0) is 0 Å². The van der Waals surface area contributed by atoms with Crippen molar-refractivity contribution in [1.29, 1.82) is 0 Å². The molecule has 82 valence electrons. The molecule has 1 aromatic heterocycles. The zero-order valence-electron chi connectivity index (χ0n) is 8.33. The molecule has 6 heteroatoms. The maximum atomic E-state index is 11.8. The highest BCUT2D eigenvalue weighted by Gasteiger charge is 2.19. The third-order valence-corrected chi connectivity index (χ3v) is 3.68. The Morgan fingerprint density at radius 2 is 2.13 bits per heavy atom. The lowest BCUT2D eigenvalue weighted by Crippen LogP contribution is -2.43. The molecule has 5 nitrogen and oxygen atoms in total. The van der Waals surface area contributed by atoms with Gasteiger partial charge in [-0.3, -0.25) is 9.00 Å². The van der Waals surface area contributed by atoms with E-state index in [1.54, 1.807) is 28.2 Å². The number of rotatable bonds is 2. The van der Waals surface area contributed by atoms with Crippen LogP contribution in [0, 0.1) is 0 Å². The van der Waals surface area contributed by atoms with Crippen molar-refractivity contribution in [2.24, 2.45) is 0 Å². The summed E-state index contributed by atoms with van der Waals surface area (Å²) in [5.74, 6) is 1.29. The molecule has 0 atom stereocenters. The van der Waals surface area contributed by atoms with Crippen molar-refractivity contribution in [1.82, 2.24) is 14.5 Å². The van der Waals surface area contributed by atoms with E-state index in [0.29, 0.717) is 31.1 Å². The molecule has 1 aromatic rings. The predicted molar refractivity (Wildman–Crippen MR) is 56.7 cm³/mol. The summed E-state index contributed by atoms with van der Waals surface area (Å²) in [6.07, 6.45) is 5.04. The van der Waals surface area contributed by atoms with E-state index in [1.165, 1.54) is 0 Å². The minimum atomic E-state index is -0.729. The zero-order chi connectivity index (χ0) is 10.7. The number of imidazole rings is 1. The largest absolute Gasteiger partial charge is 0.339 e. The highest BCUT2D eigenvalue weighted by molar-refractivity contribution is 7.85. The van der Waals surface area contributed by atoms with Crippen molar-refractivity contribution in [3.05, 3.63) is 18.7 Å². The first-order valence-electron chi connectivity index (χ1n) is 4.84. The van der Waals surface area contributed by atoms with Crippen LogP contribution in [0.4, 0.5) is 0 Å². The van der Waals surface area contributed by atoms with Gasteiger partial charge in [0.2, 0.25) is 5.91 Å². The number of hydrogen-bond acceptors (Lipinski definition) is 3. The van der Waals surface area contributed by atoms with Gasteiger partial charge >= 0.3 is 0 Å². The molecule has 0 bridgehead atoms. The molecule has 0 radical (unpaired) electrons. The monoisotopic (exact) mass is 227 g/mol. The van der Waals surface area contributed by atoms with Gasteiger partial charge in [-0.2, -0.15) is 0 Å². The second-order valence-electron chi connectivity index (χ2n) is 3.46. The fourth-order valence-electron chi connectivity index (χ4n) is 1.52. The van der Waals surface area contributed by atoms with Crippen LogP contribution >= 0.6 is 0 Å². The number of aromatic nitrogens is 2. The Bertz CT molecular complexity index is 353. The Morgan fingerprint density at radius 3 is 2.73 bits per heavy atom. The van der Waals surface area contributed by atoms with E-state index in [1.807, 2.05) is 0 Å². The SMILES string of the molecule is O=C(Cn1ccnc1)N1CCS(=O)CC1. The third kappa shape index (κ3) is 2.65. The Balaban J connectivity index is 1.89. The van der Waals surface area contributed by atoms with E-state index >= 15 is 0 Å². The van der Waals surface area contributed by atoms with Crippen LogP contribution in [0.5, 0.6) is 0 Å². The molecule has 2 rings (SSSR count). The summed E-state index contributed by atoms with van der Waals surface area (Å²) in [4.78, 5) is 17.4. The first-order chi connectivity index (χ1) is 7.25. The molecule has 1 aliphatic rings. The van der Waals surface area contributed by atoms with Crippen molar-refractivity contribution in [2.75, 3.05) is 24.6 Å². The first kappa shape index (κ1) is 10.4. The fourth-order valence-corrected chi connectivity index (χ4v) is 2.58. The molecule has 0 aliphatic carbocycles. The van der Waals surface area contributed by atoms with Crippen molar-refractivity contribution >= 4 is 16.7 Å². The van der Waals surface area contributed by atoms with Gasteiger partial charge in [0, 0.05) is 47.8 Å². The Kier molecular flexibility index (Phi) is 3.15. The highest BCUT2D eigenvalue weighted by atomic mass is 32.2. The van der Waals surface area contributed by atoms with Crippen molar-refractivity contribution in [2.45, 2.75) is 6.54 Å². The lowest BCUT2D eigenvalue weighted by Gasteiger charge is -2.26. The number of hydrogen-bond donors (Lipinski definition) is 0. The van der Waals surface area contributed by atoms with Gasteiger partial charge in [0.1, 0.15) is 6.54 Å². The zero-order valence-corrected chi connectivity index (χ0v) is 9.15. The van der Waals surface area contributed by atoms with Gasteiger partial charge in [0.05, 0.1) is 6.33 Å². The molecule has 0 spiro atoms. The lowest BCUT2D eigenvalue weighted by atomic mass is 10.4. The van der Waals surface area contributed by atoms with E-state index in [9.17, 15) is 9.00 Å².